The number of fused-ring (bicyclic) bond motifs is 1. The molecule has 1 aromatic carbocycles. The SMILES string of the molecule is Cc1ccc2nc(C)c(C(=O)N3CCCC(C(=O)Nc4ncccc4C)C3)cc2c1. The smallest absolute Gasteiger partial charge is 0.255 e. The topological polar surface area (TPSA) is 75.2 Å². The van der Waals surface area contributed by atoms with Crippen molar-refractivity contribution in [2.75, 3.05) is 18.4 Å². The van der Waals surface area contributed by atoms with Crippen LogP contribution in [0.4, 0.5) is 5.82 Å². The molecule has 6 nitrogen and oxygen atoms in total. The van der Waals surface area contributed by atoms with E-state index < -0.39 is 0 Å². The summed E-state index contributed by atoms with van der Waals surface area (Å²) < 4.78 is 0. The van der Waals surface area contributed by atoms with E-state index >= 15 is 0 Å². The van der Waals surface area contributed by atoms with Crippen LogP contribution in [0.5, 0.6) is 0 Å². The molecular formula is C24H26N4O2. The second-order valence-electron chi connectivity index (χ2n) is 8.07. The standard InChI is InChI=1S/C24H26N4O2/c1-15-8-9-21-19(12-15)13-20(17(3)26-21)24(30)28-11-5-7-18(14-28)23(29)27-22-16(2)6-4-10-25-22/h4,6,8-10,12-13,18H,5,7,11,14H2,1-3H3,(H,25,27,29). The average molecular weight is 402 g/mol. The molecule has 1 fully saturated rings. The van der Waals surface area contributed by atoms with Gasteiger partial charge in [-0.05, 0) is 63.4 Å². The maximum atomic E-state index is 13.3. The molecule has 1 atom stereocenters. The number of nitrogens with one attached hydrogen (secondary N) is 1. The van der Waals surface area contributed by atoms with Crippen molar-refractivity contribution in [1.82, 2.24) is 14.9 Å². The molecule has 3 aromatic rings. The monoisotopic (exact) mass is 402 g/mol. The molecule has 1 aliphatic rings. The minimum atomic E-state index is -0.250. The van der Waals surface area contributed by atoms with E-state index in [2.05, 4.69) is 15.3 Å². The average Bonchev–Trinajstić information content (AvgIpc) is 2.74. The van der Waals surface area contributed by atoms with Gasteiger partial charge < -0.3 is 10.2 Å². The molecule has 30 heavy (non-hydrogen) atoms. The molecule has 0 radical (unpaired) electrons. The van der Waals surface area contributed by atoms with E-state index in [1.54, 1.807) is 11.1 Å². The van der Waals surface area contributed by atoms with Gasteiger partial charge in [-0.1, -0.05) is 17.7 Å². The maximum Gasteiger partial charge on any atom is 0.255 e. The van der Waals surface area contributed by atoms with E-state index in [9.17, 15) is 9.59 Å². The molecule has 0 saturated carbocycles. The van der Waals surface area contributed by atoms with Crippen LogP contribution in [-0.2, 0) is 4.79 Å². The number of piperidine rings is 1. The van der Waals surface area contributed by atoms with Crippen molar-refractivity contribution in [3.05, 3.63) is 65.0 Å². The van der Waals surface area contributed by atoms with Gasteiger partial charge in [-0.3, -0.25) is 14.6 Å². The van der Waals surface area contributed by atoms with Crippen LogP contribution in [0.1, 0.15) is 40.0 Å². The first kappa shape index (κ1) is 20.0. The van der Waals surface area contributed by atoms with E-state index in [1.807, 2.05) is 57.2 Å². The Labute approximate surface area is 176 Å². The highest BCUT2D eigenvalue weighted by molar-refractivity contribution is 5.99. The van der Waals surface area contributed by atoms with Crippen LogP contribution >= 0.6 is 0 Å². The minimum Gasteiger partial charge on any atom is -0.338 e. The number of pyridine rings is 2. The minimum absolute atomic E-state index is 0.0603. The number of nitrogens with zero attached hydrogens (tertiary/aromatic N) is 3. The Kier molecular flexibility index (Phi) is 5.48. The highest BCUT2D eigenvalue weighted by Gasteiger charge is 2.30. The van der Waals surface area contributed by atoms with Gasteiger partial charge in [0.05, 0.1) is 22.7 Å². The molecule has 2 amide bonds. The summed E-state index contributed by atoms with van der Waals surface area (Å²) in [6, 6.07) is 11.7. The summed E-state index contributed by atoms with van der Waals surface area (Å²) in [5, 5.41) is 3.88. The molecule has 3 heterocycles. The molecule has 1 unspecified atom stereocenters. The van der Waals surface area contributed by atoms with Crippen LogP contribution in [-0.4, -0.2) is 39.8 Å². The van der Waals surface area contributed by atoms with Crippen LogP contribution in [0.3, 0.4) is 0 Å². The quantitative estimate of drug-likeness (QED) is 0.717. The normalized spacial score (nSPS) is 16.5. The largest absolute Gasteiger partial charge is 0.338 e. The van der Waals surface area contributed by atoms with Crippen LogP contribution in [0.2, 0.25) is 0 Å². The molecule has 0 aliphatic carbocycles. The van der Waals surface area contributed by atoms with Crippen molar-refractivity contribution in [3.8, 4) is 0 Å². The Morgan fingerprint density at radius 1 is 1.13 bits per heavy atom. The molecule has 0 bridgehead atoms. The fraction of sp³-hybridized carbons (Fsp3) is 0.333. The first-order valence-electron chi connectivity index (χ1n) is 10.3. The lowest BCUT2D eigenvalue weighted by atomic mass is 9.96. The zero-order chi connectivity index (χ0) is 21.3. The van der Waals surface area contributed by atoms with Crippen molar-refractivity contribution < 1.29 is 9.59 Å². The van der Waals surface area contributed by atoms with Gasteiger partial charge in [0, 0.05) is 24.7 Å². The molecule has 4 rings (SSSR count). The van der Waals surface area contributed by atoms with Gasteiger partial charge in [0.15, 0.2) is 0 Å². The molecule has 1 aliphatic heterocycles. The predicted molar refractivity (Wildman–Crippen MR) is 117 cm³/mol. The van der Waals surface area contributed by atoms with Crippen LogP contribution < -0.4 is 5.32 Å². The Balaban J connectivity index is 1.52. The van der Waals surface area contributed by atoms with Crippen molar-refractivity contribution >= 4 is 28.5 Å². The van der Waals surface area contributed by atoms with E-state index in [1.165, 1.54) is 0 Å². The van der Waals surface area contributed by atoms with Gasteiger partial charge in [0.2, 0.25) is 5.91 Å². The molecule has 6 heteroatoms. The van der Waals surface area contributed by atoms with Gasteiger partial charge in [0.25, 0.3) is 5.91 Å². The van der Waals surface area contributed by atoms with Crippen LogP contribution in [0.25, 0.3) is 10.9 Å². The third kappa shape index (κ3) is 4.03. The number of amides is 2. The highest BCUT2D eigenvalue weighted by atomic mass is 16.2. The number of hydrogen-bond acceptors (Lipinski definition) is 4. The van der Waals surface area contributed by atoms with E-state index in [-0.39, 0.29) is 17.7 Å². The second-order valence-corrected chi connectivity index (χ2v) is 8.07. The molecular weight excluding hydrogens is 376 g/mol. The number of likely N-dealkylation sites (tertiary alicyclic amines) is 1. The lowest BCUT2D eigenvalue weighted by Gasteiger charge is -2.32. The van der Waals surface area contributed by atoms with Crippen molar-refractivity contribution in [2.24, 2.45) is 5.92 Å². The summed E-state index contributed by atoms with van der Waals surface area (Å²) >= 11 is 0. The fourth-order valence-corrected chi connectivity index (χ4v) is 3.99. The summed E-state index contributed by atoms with van der Waals surface area (Å²) in [7, 11) is 0. The van der Waals surface area contributed by atoms with Gasteiger partial charge >= 0.3 is 0 Å². The van der Waals surface area contributed by atoms with Gasteiger partial charge in [-0.25, -0.2) is 4.98 Å². The Morgan fingerprint density at radius 2 is 1.97 bits per heavy atom. The second kappa shape index (κ2) is 8.22. The van der Waals surface area contributed by atoms with Gasteiger partial charge in [-0.2, -0.15) is 0 Å². The predicted octanol–water partition coefficient (Wildman–Crippen LogP) is 4.05. The van der Waals surface area contributed by atoms with E-state index in [4.69, 9.17) is 0 Å². The third-order valence-corrected chi connectivity index (χ3v) is 5.72. The fourth-order valence-electron chi connectivity index (χ4n) is 3.99. The zero-order valence-corrected chi connectivity index (χ0v) is 17.6. The summed E-state index contributed by atoms with van der Waals surface area (Å²) in [6.07, 6.45) is 3.22. The number of aryl methyl sites for hydroxylation is 3. The van der Waals surface area contributed by atoms with Crippen molar-refractivity contribution in [2.45, 2.75) is 33.6 Å². The number of anilines is 1. The number of benzene rings is 1. The molecule has 1 N–H and O–H groups in total. The van der Waals surface area contributed by atoms with E-state index in [0.29, 0.717) is 30.2 Å². The lowest BCUT2D eigenvalue weighted by molar-refractivity contribution is -0.121. The number of aromatic nitrogens is 2. The van der Waals surface area contributed by atoms with Gasteiger partial charge in [-0.15, -0.1) is 0 Å². The van der Waals surface area contributed by atoms with Crippen molar-refractivity contribution in [1.29, 1.82) is 0 Å². The first-order chi connectivity index (χ1) is 14.4. The molecule has 0 spiro atoms. The van der Waals surface area contributed by atoms with Gasteiger partial charge in [0.1, 0.15) is 5.82 Å². The Morgan fingerprint density at radius 3 is 2.77 bits per heavy atom. The van der Waals surface area contributed by atoms with Crippen molar-refractivity contribution in [3.63, 3.8) is 0 Å². The molecule has 1 saturated heterocycles. The zero-order valence-electron chi connectivity index (χ0n) is 17.6. The van der Waals surface area contributed by atoms with Crippen LogP contribution in [0.15, 0.2) is 42.6 Å². The lowest BCUT2D eigenvalue weighted by Crippen LogP contribution is -2.44. The summed E-state index contributed by atoms with van der Waals surface area (Å²) in [4.78, 5) is 36.7. The molecule has 154 valence electrons. The third-order valence-electron chi connectivity index (χ3n) is 5.72. The first-order valence-corrected chi connectivity index (χ1v) is 10.3. The van der Waals surface area contributed by atoms with E-state index in [0.717, 1.165) is 34.9 Å². The summed E-state index contributed by atoms with van der Waals surface area (Å²) in [5.74, 6) is 0.184. The molecule has 2 aromatic heterocycles. The summed E-state index contributed by atoms with van der Waals surface area (Å²) in [6.45, 7) is 6.86. The number of carbonyl (C=O) groups excluding carboxylic acids is 2. The summed E-state index contributed by atoms with van der Waals surface area (Å²) in [5.41, 5.74) is 4.26. The number of hydrogen-bond donors (Lipinski definition) is 1. The Bertz CT molecular complexity index is 1130. The number of carbonyl (C=O) groups is 2. The number of rotatable bonds is 3. The highest BCUT2D eigenvalue weighted by Crippen LogP contribution is 2.24. The maximum absolute atomic E-state index is 13.3. The Hall–Kier alpha value is -3.28. The van der Waals surface area contributed by atoms with Crippen LogP contribution in [0, 0.1) is 26.7 Å².